The third kappa shape index (κ3) is 20.8. The molecule has 30 atom stereocenters. The molecule has 16 unspecified atom stereocenters. The van der Waals surface area contributed by atoms with Crippen molar-refractivity contribution in [3.63, 3.8) is 0 Å². The topological polar surface area (TPSA) is 292 Å². The second kappa shape index (κ2) is 41.5. The first-order chi connectivity index (χ1) is 62.2. The van der Waals surface area contributed by atoms with Crippen LogP contribution < -0.4 is 0 Å². The Bertz CT molecular complexity index is 4970. The highest BCUT2D eigenvalue weighted by Crippen LogP contribution is 2.68. The zero-order valence-electron chi connectivity index (χ0n) is 75.4. The number of ether oxygens (including phenoxy) is 15. The zero-order valence-corrected chi connectivity index (χ0v) is 75.4. The van der Waals surface area contributed by atoms with Gasteiger partial charge in [0.25, 0.3) is 0 Å². The zero-order chi connectivity index (χ0) is 91.0. The maximum atomic E-state index is 15.0. The number of carbonyl (C=O) groups is 9. The van der Waals surface area contributed by atoms with Crippen molar-refractivity contribution in [3.8, 4) is 0 Å². The van der Waals surface area contributed by atoms with Crippen molar-refractivity contribution in [1.29, 1.82) is 0 Å². The predicted octanol–water partition coefficient (Wildman–Crippen LogP) is 17.7. The first-order valence-corrected chi connectivity index (χ1v) is 46.2. The number of hydrogen-bond acceptors (Lipinski definition) is 24. The van der Waals surface area contributed by atoms with E-state index in [-0.39, 0.29) is 93.3 Å². The lowest BCUT2D eigenvalue weighted by molar-refractivity contribution is -0.378. The molecule has 8 fully saturated rings. The Morgan fingerprint density at radius 1 is 0.395 bits per heavy atom. The van der Waals surface area contributed by atoms with Gasteiger partial charge in [0.1, 0.15) is 48.7 Å². The number of carbonyl (C=O) groups excluding carboxylic acids is 9. The SMILES string of the molecule is CCC1O[C@@H](OC[C@@H](C)CCC(=O)[C@@H](C)C2C(=O)CC3C4CCC5CC(O[C@@H]6OC(COC(=O)c7ccccc7)[C@H](O[C@@H]7OC(C)[C@H](C)[C@@H](OC(=O)c8ccccc8)C7OC(=O)c7ccccc7)[C@H](C)C6O[C@@H]6OC(C)[C@H](C)[C@@H](OC(=O)c7ccccc7)C6OC(=O)c6ccccc6)CCC5(C)C4CCC32C)C(OC(=O)c2ccccc2)[C@@H](OC(=O)c2ccccc2)[C@H]1C. The lowest BCUT2D eigenvalue weighted by atomic mass is 9.44. The van der Waals surface area contributed by atoms with Crippen LogP contribution in [0.25, 0.3) is 0 Å². The lowest BCUT2D eigenvalue weighted by Crippen LogP contribution is -2.64. The van der Waals surface area contributed by atoms with E-state index in [0.717, 1.165) is 32.1 Å². The van der Waals surface area contributed by atoms with Crippen LogP contribution in [0.3, 0.4) is 0 Å². The largest absolute Gasteiger partial charge is 0.459 e. The quantitative estimate of drug-likeness (QED) is 0.0229. The van der Waals surface area contributed by atoms with Crippen LogP contribution in [0.15, 0.2) is 212 Å². The molecule has 0 spiro atoms. The molecule has 129 heavy (non-hydrogen) atoms. The summed E-state index contributed by atoms with van der Waals surface area (Å²) in [5, 5.41) is 0. The second-order valence-electron chi connectivity index (χ2n) is 37.5. The summed E-state index contributed by atoms with van der Waals surface area (Å²) in [6.45, 7) is 21.3. The van der Waals surface area contributed by atoms with Crippen LogP contribution in [0, 0.1) is 75.9 Å². The van der Waals surface area contributed by atoms with E-state index in [0.29, 0.717) is 43.2 Å². The number of benzene rings is 7. The van der Waals surface area contributed by atoms with Gasteiger partial charge in [0, 0.05) is 48.3 Å². The van der Waals surface area contributed by atoms with E-state index in [1.54, 1.807) is 213 Å². The molecule has 0 aromatic heterocycles. The number of esters is 7. The molecule has 0 amide bonds. The van der Waals surface area contributed by atoms with Crippen molar-refractivity contribution < 1.29 is 114 Å². The van der Waals surface area contributed by atoms with E-state index in [1.165, 1.54) is 0 Å². The van der Waals surface area contributed by atoms with E-state index < -0.39 is 188 Å². The molecular formula is C105H122O24. The van der Waals surface area contributed by atoms with Crippen molar-refractivity contribution in [2.24, 2.45) is 75.9 Å². The van der Waals surface area contributed by atoms with Crippen LogP contribution in [0.4, 0.5) is 0 Å². The normalized spacial score (nSPS) is 34.0. The smallest absolute Gasteiger partial charge is 0.338 e. The summed E-state index contributed by atoms with van der Waals surface area (Å²) in [4.78, 5) is 130. The molecule has 8 aliphatic rings. The van der Waals surface area contributed by atoms with Crippen molar-refractivity contribution in [2.75, 3.05) is 13.2 Å². The minimum atomic E-state index is -1.51. The summed E-state index contributed by atoms with van der Waals surface area (Å²) >= 11 is 0. The highest BCUT2D eigenvalue weighted by Gasteiger charge is 2.65. The standard InChI is InChI=1S/C105H122O24/c1-12-82-64(6)88(124-96(111)71-40-26-16-27-41-71)90(125-97(112)72-42-28-17-29-43-72)100(120-82)116-58-60(2)48-51-80(106)63(5)84-81(107)57-79-77-50-49-75-56-76(52-54-104(75,10)78(77)53-55-105(79,84)11)119-101-89(129-103-92(127-99(114)74-46-32-19-33-47-74)87(62(4)67(9)118-103)123-95(110)70-38-24-15-25-39-70)65(7)85(83(121-101)59-115-93(108)68-34-20-13-21-35-68)128-102-91(126-98(113)73-44-30-18-31-45-73)86(61(3)66(8)117-102)122-94(109)69-36-22-14-23-37-69/h13-47,60-67,75-79,82-92,100-103H,12,48-59H2,1-11H3/t60-,61-,62-,63+,64-,65-,66?,67?,75?,76?,77?,78?,79?,82?,83?,84?,85+,86+,87+,88-,89?,90?,91?,92?,100+,101+,102-,103-,104?,105?/m0/s1. The van der Waals surface area contributed by atoms with E-state index in [9.17, 15) is 43.2 Å². The number of hydrogen-bond donors (Lipinski definition) is 0. The number of Topliss-reactive ketones (excluding diaryl/α,β-unsaturated/α-hetero) is 2. The molecule has 24 heteroatoms. The summed E-state index contributed by atoms with van der Waals surface area (Å²) < 4.78 is 101. The number of rotatable bonds is 30. The molecule has 4 saturated carbocycles. The Morgan fingerprint density at radius 3 is 1.21 bits per heavy atom. The second-order valence-corrected chi connectivity index (χ2v) is 37.5. The van der Waals surface area contributed by atoms with Crippen LogP contribution in [-0.4, -0.2) is 171 Å². The van der Waals surface area contributed by atoms with Crippen LogP contribution >= 0.6 is 0 Å². The lowest BCUT2D eigenvalue weighted by Gasteiger charge is -2.61. The van der Waals surface area contributed by atoms with Gasteiger partial charge < -0.3 is 71.1 Å². The molecule has 4 aliphatic carbocycles. The molecule has 7 aromatic carbocycles. The third-order valence-electron chi connectivity index (χ3n) is 29.6. The maximum absolute atomic E-state index is 15.0. The highest BCUT2D eigenvalue weighted by atomic mass is 16.8. The van der Waals surface area contributed by atoms with Crippen molar-refractivity contribution in [1.82, 2.24) is 0 Å². The van der Waals surface area contributed by atoms with Crippen molar-refractivity contribution in [2.45, 2.75) is 251 Å². The Labute approximate surface area is 755 Å². The summed E-state index contributed by atoms with van der Waals surface area (Å²) in [7, 11) is 0. The predicted molar refractivity (Wildman–Crippen MR) is 472 cm³/mol. The van der Waals surface area contributed by atoms with Gasteiger partial charge in [0.15, 0.2) is 43.5 Å². The number of fused-ring (bicyclic) bond motifs is 5. The van der Waals surface area contributed by atoms with Crippen LogP contribution in [-0.2, 0) is 80.6 Å². The van der Waals surface area contributed by atoms with Crippen molar-refractivity contribution >= 4 is 53.4 Å². The van der Waals surface area contributed by atoms with Gasteiger partial charge in [0.2, 0.25) is 0 Å². The molecule has 0 radical (unpaired) electrons. The van der Waals surface area contributed by atoms with Crippen LogP contribution in [0.5, 0.6) is 0 Å². The molecule has 0 N–H and O–H groups in total. The van der Waals surface area contributed by atoms with Gasteiger partial charge in [-0.05, 0) is 197 Å². The number of ketones is 2. The molecule has 4 heterocycles. The molecule has 15 rings (SSSR count). The molecule has 4 aliphatic heterocycles. The third-order valence-corrected chi connectivity index (χ3v) is 29.6. The van der Waals surface area contributed by atoms with Crippen molar-refractivity contribution in [3.05, 3.63) is 251 Å². The Balaban J connectivity index is 0.680. The van der Waals surface area contributed by atoms with Gasteiger partial charge in [-0.25, -0.2) is 33.6 Å². The first-order valence-electron chi connectivity index (χ1n) is 46.2. The van der Waals surface area contributed by atoms with Crippen LogP contribution in [0.1, 0.15) is 219 Å². The Morgan fingerprint density at radius 2 is 0.775 bits per heavy atom. The fraction of sp³-hybridized carbons (Fsp3) is 0.514. The van der Waals surface area contributed by atoms with E-state index in [1.807, 2.05) is 61.5 Å². The van der Waals surface area contributed by atoms with Gasteiger partial charge in [-0.1, -0.05) is 190 Å². The fourth-order valence-electron chi connectivity index (χ4n) is 21.8. The fourth-order valence-corrected chi connectivity index (χ4v) is 21.8. The summed E-state index contributed by atoms with van der Waals surface area (Å²) in [6.07, 6.45) is -11.8. The van der Waals surface area contributed by atoms with E-state index in [2.05, 4.69) is 13.8 Å². The summed E-state index contributed by atoms with van der Waals surface area (Å²) in [5.74, 6) is -7.53. The summed E-state index contributed by atoms with van der Waals surface area (Å²) in [6, 6.07) is 59.4. The van der Waals surface area contributed by atoms with Gasteiger partial charge in [-0.3, -0.25) is 9.59 Å². The minimum absolute atomic E-state index is 0.0199. The van der Waals surface area contributed by atoms with Gasteiger partial charge in [-0.15, -0.1) is 0 Å². The Hall–Kier alpha value is -10.2. The highest BCUT2D eigenvalue weighted by molar-refractivity contribution is 5.94. The molecule has 0 bridgehead atoms. The Kier molecular flexibility index (Phi) is 30.1. The van der Waals surface area contributed by atoms with Gasteiger partial charge in [0.05, 0.1) is 76.1 Å². The van der Waals surface area contributed by atoms with Crippen LogP contribution in [0.2, 0.25) is 0 Å². The minimum Gasteiger partial charge on any atom is -0.459 e. The molecule has 686 valence electrons. The van der Waals surface area contributed by atoms with Gasteiger partial charge >= 0.3 is 41.8 Å². The first kappa shape index (κ1) is 93.5. The average molecular weight is 1770 g/mol. The van der Waals surface area contributed by atoms with E-state index in [4.69, 9.17) is 71.1 Å². The molecular weight excluding hydrogens is 1650 g/mol. The average Bonchev–Trinajstić information content (AvgIpc) is 1.63. The molecule has 24 nitrogen and oxygen atoms in total. The maximum Gasteiger partial charge on any atom is 0.338 e. The summed E-state index contributed by atoms with van der Waals surface area (Å²) in [5.41, 5.74) is 1.24. The van der Waals surface area contributed by atoms with E-state index >= 15 is 0 Å². The monoisotopic (exact) mass is 1770 g/mol. The van der Waals surface area contributed by atoms with Gasteiger partial charge in [-0.2, -0.15) is 0 Å². The molecule has 7 aromatic rings. The molecule has 4 saturated heterocycles.